The van der Waals surface area contributed by atoms with E-state index in [1.807, 2.05) is 12.2 Å². The second-order valence-corrected chi connectivity index (χ2v) is 5.66. The van der Waals surface area contributed by atoms with Crippen molar-refractivity contribution in [1.82, 2.24) is 14.7 Å². The van der Waals surface area contributed by atoms with Crippen molar-refractivity contribution in [3.8, 4) is 0 Å². The van der Waals surface area contributed by atoms with Crippen LogP contribution in [0.4, 0.5) is 5.82 Å². The van der Waals surface area contributed by atoms with Crippen LogP contribution in [0.2, 0.25) is 0 Å². The van der Waals surface area contributed by atoms with Crippen LogP contribution in [0.15, 0.2) is 24.4 Å². The number of carbonyl (C=O) groups excluding carboxylic acids is 3. The van der Waals surface area contributed by atoms with Gasteiger partial charge in [-0.25, -0.2) is 0 Å². The van der Waals surface area contributed by atoms with Crippen LogP contribution < -0.4 is 5.32 Å². The summed E-state index contributed by atoms with van der Waals surface area (Å²) in [4.78, 5) is 37.6. The van der Waals surface area contributed by atoms with E-state index in [-0.39, 0.29) is 42.5 Å². The highest BCUT2D eigenvalue weighted by Gasteiger charge is 2.46. The molecule has 7 nitrogen and oxygen atoms in total. The lowest BCUT2D eigenvalue weighted by atomic mass is 9.85. The van der Waals surface area contributed by atoms with Crippen LogP contribution in [0.25, 0.3) is 0 Å². The molecule has 0 radical (unpaired) electrons. The summed E-state index contributed by atoms with van der Waals surface area (Å²) in [6.45, 7) is 0.128. The van der Waals surface area contributed by atoms with Crippen LogP contribution in [0.1, 0.15) is 19.3 Å². The third-order valence-corrected chi connectivity index (χ3v) is 4.14. The van der Waals surface area contributed by atoms with E-state index in [1.165, 1.54) is 4.90 Å². The van der Waals surface area contributed by atoms with Gasteiger partial charge in [-0.15, -0.1) is 0 Å². The molecule has 1 N–H and O–H groups in total. The fourth-order valence-electron chi connectivity index (χ4n) is 2.99. The van der Waals surface area contributed by atoms with Gasteiger partial charge in [-0.2, -0.15) is 5.10 Å². The Labute approximate surface area is 128 Å². The smallest absolute Gasteiger partial charge is 0.233 e. The van der Waals surface area contributed by atoms with Crippen molar-refractivity contribution in [2.24, 2.45) is 18.9 Å². The van der Waals surface area contributed by atoms with Crippen LogP contribution >= 0.6 is 0 Å². The first-order valence-corrected chi connectivity index (χ1v) is 7.36. The molecule has 0 spiro atoms. The highest BCUT2D eigenvalue weighted by Crippen LogP contribution is 2.34. The standard InChI is InChI=1S/C15H18N4O3/c1-18-8-6-12(17-18)16-13(20)7-9-19-14(21)10-4-2-3-5-11(10)15(19)22/h2-3,6,8,10-11H,4-5,7,9H2,1H3,(H,16,17,20)/t10-,11-/m1/s1. The van der Waals surface area contributed by atoms with Gasteiger partial charge in [-0.1, -0.05) is 12.2 Å². The SMILES string of the molecule is Cn1ccc(NC(=O)CCN2C(=O)[C@@H]3CC=CC[C@H]3C2=O)n1. The number of anilines is 1. The lowest BCUT2D eigenvalue weighted by Gasteiger charge is -2.14. The molecular formula is C15H18N4O3. The Morgan fingerprint density at radius 3 is 2.45 bits per heavy atom. The first-order chi connectivity index (χ1) is 10.6. The van der Waals surface area contributed by atoms with Crippen molar-refractivity contribution in [1.29, 1.82) is 0 Å². The van der Waals surface area contributed by atoms with Gasteiger partial charge in [-0.05, 0) is 12.8 Å². The fourth-order valence-corrected chi connectivity index (χ4v) is 2.99. The van der Waals surface area contributed by atoms with Gasteiger partial charge >= 0.3 is 0 Å². The first-order valence-electron chi connectivity index (χ1n) is 7.36. The molecule has 2 atom stereocenters. The predicted molar refractivity (Wildman–Crippen MR) is 78.5 cm³/mol. The van der Waals surface area contributed by atoms with Crippen LogP contribution in [-0.4, -0.2) is 38.9 Å². The molecule has 3 amide bonds. The summed E-state index contributed by atoms with van der Waals surface area (Å²) in [6.07, 6.45) is 6.94. The Morgan fingerprint density at radius 1 is 1.27 bits per heavy atom. The molecule has 1 aromatic rings. The molecule has 0 saturated carbocycles. The molecule has 1 aliphatic carbocycles. The molecule has 0 unspecified atom stereocenters. The fraction of sp³-hybridized carbons (Fsp3) is 0.467. The summed E-state index contributed by atoms with van der Waals surface area (Å²) in [5.41, 5.74) is 0. The van der Waals surface area contributed by atoms with Crippen molar-refractivity contribution < 1.29 is 14.4 Å². The lowest BCUT2D eigenvalue weighted by molar-refractivity contribution is -0.140. The number of carbonyl (C=O) groups is 3. The predicted octanol–water partition coefficient (Wildman–Crippen LogP) is 0.700. The molecule has 1 saturated heterocycles. The number of nitrogens with one attached hydrogen (secondary N) is 1. The van der Waals surface area contributed by atoms with Gasteiger partial charge in [0, 0.05) is 32.3 Å². The number of amides is 3. The third kappa shape index (κ3) is 2.66. The molecule has 1 aromatic heterocycles. The van der Waals surface area contributed by atoms with Gasteiger partial charge in [0.05, 0.1) is 11.8 Å². The third-order valence-electron chi connectivity index (χ3n) is 4.14. The maximum absolute atomic E-state index is 12.2. The summed E-state index contributed by atoms with van der Waals surface area (Å²) >= 11 is 0. The number of allylic oxidation sites excluding steroid dienone is 2. The molecule has 1 fully saturated rings. The summed E-state index contributed by atoms with van der Waals surface area (Å²) in [7, 11) is 1.76. The first kappa shape index (κ1) is 14.5. The number of imide groups is 1. The summed E-state index contributed by atoms with van der Waals surface area (Å²) in [6, 6.07) is 1.68. The van der Waals surface area contributed by atoms with E-state index in [4.69, 9.17) is 0 Å². The van der Waals surface area contributed by atoms with Crippen LogP contribution in [0.3, 0.4) is 0 Å². The van der Waals surface area contributed by atoms with Crippen molar-refractivity contribution in [2.45, 2.75) is 19.3 Å². The second-order valence-electron chi connectivity index (χ2n) is 5.66. The molecule has 0 bridgehead atoms. The molecular weight excluding hydrogens is 284 g/mol. The van der Waals surface area contributed by atoms with Crippen molar-refractivity contribution in [3.63, 3.8) is 0 Å². The maximum Gasteiger partial charge on any atom is 0.233 e. The molecule has 7 heteroatoms. The van der Waals surface area contributed by atoms with Gasteiger partial charge in [0.1, 0.15) is 0 Å². The van der Waals surface area contributed by atoms with E-state index < -0.39 is 0 Å². The highest BCUT2D eigenvalue weighted by molar-refractivity contribution is 6.05. The number of hydrogen-bond donors (Lipinski definition) is 1. The largest absolute Gasteiger partial charge is 0.309 e. The average molecular weight is 302 g/mol. The minimum Gasteiger partial charge on any atom is -0.309 e. The number of fused-ring (bicyclic) bond motifs is 1. The van der Waals surface area contributed by atoms with Gasteiger partial charge < -0.3 is 5.32 Å². The Balaban J connectivity index is 1.56. The van der Waals surface area contributed by atoms with Gasteiger partial charge in [0.2, 0.25) is 17.7 Å². The van der Waals surface area contributed by atoms with E-state index in [9.17, 15) is 14.4 Å². The molecule has 0 aromatic carbocycles. The Kier molecular flexibility index (Phi) is 3.79. The monoisotopic (exact) mass is 302 g/mol. The van der Waals surface area contributed by atoms with Gasteiger partial charge in [0.15, 0.2) is 5.82 Å². The van der Waals surface area contributed by atoms with Crippen molar-refractivity contribution >= 4 is 23.5 Å². The molecule has 22 heavy (non-hydrogen) atoms. The number of nitrogens with zero attached hydrogens (tertiary/aromatic N) is 3. The molecule has 1 aliphatic heterocycles. The Hall–Kier alpha value is -2.44. The van der Waals surface area contributed by atoms with E-state index in [1.54, 1.807) is 24.0 Å². The zero-order valence-electron chi connectivity index (χ0n) is 12.4. The van der Waals surface area contributed by atoms with E-state index >= 15 is 0 Å². The van der Waals surface area contributed by atoms with E-state index in [2.05, 4.69) is 10.4 Å². The van der Waals surface area contributed by atoms with E-state index in [0.717, 1.165) is 0 Å². The highest BCUT2D eigenvalue weighted by atomic mass is 16.2. The van der Waals surface area contributed by atoms with Gasteiger partial charge in [-0.3, -0.25) is 24.0 Å². The van der Waals surface area contributed by atoms with Gasteiger partial charge in [0.25, 0.3) is 0 Å². The maximum atomic E-state index is 12.2. The molecule has 116 valence electrons. The van der Waals surface area contributed by atoms with Crippen LogP contribution in [0.5, 0.6) is 0 Å². The number of hydrogen-bond acceptors (Lipinski definition) is 4. The normalized spacial score (nSPS) is 23.8. The number of rotatable bonds is 4. The zero-order valence-corrected chi connectivity index (χ0v) is 12.4. The summed E-state index contributed by atoms with van der Waals surface area (Å²) in [5.74, 6) is -0.570. The minimum absolute atomic E-state index is 0.0842. The van der Waals surface area contributed by atoms with E-state index in [0.29, 0.717) is 18.7 Å². The second kappa shape index (κ2) is 5.75. The minimum atomic E-state index is -0.257. The summed E-state index contributed by atoms with van der Waals surface area (Å²) in [5, 5.41) is 6.69. The topological polar surface area (TPSA) is 84.3 Å². The number of aromatic nitrogens is 2. The number of aryl methyl sites for hydroxylation is 1. The summed E-state index contributed by atoms with van der Waals surface area (Å²) < 4.78 is 1.58. The Bertz CT molecular complexity index is 623. The van der Waals surface area contributed by atoms with Crippen LogP contribution in [0, 0.1) is 11.8 Å². The van der Waals surface area contributed by atoms with Crippen molar-refractivity contribution in [3.05, 3.63) is 24.4 Å². The molecule has 2 aliphatic rings. The molecule has 2 heterocycles. The number of likely N-dealkylation sites (tertiary alicyclic amines) is 1. The molecule has 3 rings (SSSR count). The average Bonchev–Trinajstić information content (AvgIpc) is 3.01. The lowest BCUT2D eigenvalue weighted by Crippen LogP contribution is -2.34. The van der Waals surface area contributed by atoms with Crippen molar-refractivity contribution in [2.75, 3.05) is 11.9 Å². The Morgan fingerprint density at radius 2 is 1.91 bits per heavy atom. The zero-order chi connectivity index (χ0) is 15.7. The van der Waals surface area contributed by atoms with Crippen LogP contribution in [-0.2, 0) is 21.4 Å². The quantitative estimate of drug-likeness (QED) is 0.655.